The highest BCUT2D eigenvalue weighted by Crippen LogP contribution is 2.27. The lowest BCUT2D eigenvalue weighted by Crippen LogP contribution is -2.31. The lowest BCUT2D eigenvalue weighted by atomic mass is 10.1. The van der Waals surface area contributed by atoms with Gasteiger partial charge in [-0.3, -0.25) is 4.79 Å². The van der Waals surface area contributed by atoms with Crippen LogP contribution < -0.4 is 5.32 Å². The molecule has 0 aliphatic carbocycles. The van der Waals surface area contributed by atoms with E-state index < -0.39 is 11.2 Å². The number of aromatic nitrogens is 1. The van der Waals surface area contributed by atoms with Crippen LogP contribution in [0.4, 0.5) is 0 Å². The van der Waals surface area contributed by atoms with Crippen LogP contribution >= 0.6 is 11.8 Å². The summed E-state index contributed by atoms with van der Waals surface area (Å²) >= 11 is 1.15. The van der Waals surface area contributed by atoms with Gasteiger partial charge in [-0.15, -0.1) is 6.58 Å². The predicted molar refractivity (Wildman–Crippen MR) is 79.2 cm³/mol. The topological polar surface area (TPSA) is 79.3 Å². The summed E-state index contributed by atoms with van der Waals surface area (Å²) in [5.74, 6) is -1.21. The summed E-state index contributed by atoms with van der Waals surface area (Å²) in [5, 5.41) is 11.9. The van der Waals surface area contributed by atoms with E-state index in [1.54, 1.807) is 32.9 Å². The SMILES string of the molecule is C=CCNC(=O)C(C)Sc1nc(C)cc(C)c1C(=O)O. The normalized spacial score (nSPS) is 11.8. The van der Waals surface area contributed by atoms with Gasteiger partial charge in [0.1, 0.15) is 5.03 Å². The van der Waals surface area contributed by atoms with Gasteiger partial charge in [-0.2, -0.15) is 0 Å². The van der Waals surface area contributed by atoms with E-state index in [4.69, 9.17) is 0 Å². The van der Waals surface area contributed by atoms with Crippen molar-refractivity contribution in [3.05, 3.63) is 35.5 Å². The Bertz CT molecular complexity index is 543. The molecule has 0 fully saturated rings. The van der Waals surface area contributed by atoms with Gasteiger partial charge in [0.15, 0.2) is 0 Å². The van der Waals surface area contributed by atoms with Crippen LogP contribution in [0.5, 0.6) is 0 Å². The molecule has 1 amide bonds. The van der Waals surface area contributed by atoms with Crippen LogP contribution in [-0.4, -0.2) is 33.8 Å². The van der Waals surface area contributed by atoms with E-state index >= 15 is 0 Å². The Morgan fingerprint density at radius 1 is 1.55 bits per heavy atom. The largest absolute Gasteiger partial charge is 0.478 e. The fourth-order valence-corrected chi connectivity index (χ4v) is 2.77. The maximum Gasteiger partial charge on any atom is 0.338 e. The van der Waals surface area contributed by atoms with Crippen LogP contribution in [0.3, 0.4) is 0 Å². The summed E-state index contributed by atoms with van der Waals surface area (Å²) in [6, 6.07) is 1.72. The Labute approximate surface area is 122 Å². The van der Waals surface area contributed by atoms with Gasteiger partial charge in [-0.25, -0.2) is 9.78 Å². The van der Waals surface area contributed by atoms with Crippen molar-refractivity contribution < 1.29 is 14.7 Å². The molecule has 1 heterocycles. The number of carbonyl (C=O) groups excluding carboxylic acids is 1. The van der Waals surface area contributed by atoms with Crippen LogP contribution in [0.15, 0.2) is 23.7 Å². The van der Waals surface area contributed by atoms with Gasteiger partial charge in [-0.1, -0.05) is 17.8 Å². The summed E-state index contributed by atoms with van der Waals surface area (Å²) < 4.78 is 0. The Morgan fingerprint density at radius 3 is 2.75 bits per heavy atom. The smallest absolute Gasteiger partial charge is 0.338 e. The van der Waals surface area contributed by atoms with Crippen LogP contribution in [0.1, 0.15) is 28.5 Å². The second kappa shape index (κ2) is 7.09. The number of thioether (sulfide) groups is 1. The van der Waals surface area contributed by atoms with Crippen LogP contribution in [0.25, 0.3) is 0 Å². The molecule has 0 saturated heterocycles. The molecule has 1 atom stereocenters. The molecule has 108 valence electrons. The molecule has 20 heavy (non-hydrogen) atoms. The molecule has 0 spiro atoms. The van der Waals surface area contributed by atoms with Crippen molar-refractivity contribution in [1.82, 2.24) is 10.3 Å². The lowest BCUT2D eigenvalue weighted by Gasteiger charge is -2.13. The minimum atomic E-state index is -1.03. The fraction of sp³-hybridized carbons (Fsp3) is 0.357. The molecule has 2 N–H and O–H groups in total. The summed E-state index contributed by atoms with van der Waals surface area (Å²) in [5.41, 5.74) is 1.53. The van der Waals surface area contributed by atoms with Gasteiger partial charge in [0.05, 0.1) is 10.8 Å². The van der Waals surface area contributed by atoms with E-state index in [0.717, 1.165) is 17.5 Å². The third-order valence-electron chi connectivity index (χ3n) is 2.60. The number of aryl methyl sites for hydroxylation is 2. The number of carbonyl (C=O) groups is 2. The number of aromatic carboxylic acids is 1. The quantitative estimate of drug-likeness (QED) is 0.621. The average Bonchev–Trinajstić information content (AvgIpc) is 2.34. The molecular weight excluding hydrogens is 276 g/mol. The lowest BCUT2D eigenvalue weighted by molar-refractivity contribution is -0.120. The monoisotopic (exact) mass is 294 g/mol. The summed E-state index contributed by atoms with van der Waals surface area (Å²) in [4.78, 5) is 27.4. The Morgan fingerprint density at radius 2 is 2.20 bits per heavy atom. The van der Waals surface area contributed by atoms with Crippen LogP contribution in [0.2, 0.25) is 0 Å². The number of hydrogen-bond acceptors (Lipinski definition) is 4. The van der Waals surface area contributed by atoms with Crippen molar-refractivity contribution in [3.8, 4) is 0 Å². The van der Waals surface area contributed by atoms with E-state index in [1.165, 1.54) is 0 Å². The number of nitrogens with zero attached hydrogens (tertiary/aromatic N) is 1. The summed E-state index contributed by atoms with van der Waals surface area (Å²) in [6.07, 6.45) is 1.59. The highest BCUT2D eigenvalue weighted by molar-refractivity contribution is 8.00. The average molecular weight is 294 g/mol. The van der Waals surface area contributed by atoms with Crippen molar-refractivity contribution in [2.24, 2.45) is 0 Å². The first-order valence-corrected chi connectivity index (χ1v) is 7.01. The molecule has 0 radical (unpaired) electrons. The summed E-state index contributed by atoms with van der Waals surface area (Å²) in [6.45, 7) is 9.15. The number of pyridine rings is 1. The molecule has 5 nitrogen and oxygen atoms in total. The standard InChI is InChI=1S/C14H18N2O3S/c1-5-6-15-12(17)10(4)20-13-11(14(18)19)8(2)7-9(3)16-13/h5,7,10H,1,6H2,2-4H3,(H,15,17)(H,18,19). The molecule has 0 bridgehead atoms. The number of carboxylic acids is 1. The molecular formula is C14H18N2O3S. The summed E-state index contributed by atoms with van der Waals surface area (Å²) in [7, 11) is 0. The molecule has 6 heteroatoms. The van der Waals surface area contributed by atoms with Crippen molar-refractivity contribution in [2.75, 3.05) is 6.54 Å². The number of carboxylic acid groups (broad SMARTS) is 1. The van der Waals surface area contributed by atoms with Crippen molar-refractivity contribution >= 4 is 23.6 Å². The van der Waals surface area contributed by atoms with E-state index in [2.05, 4.69) is 16.9 Å². The van der Waals surface area contributed by atoms with Gasteiger partial charge in [0.25, 0.3) is 0 Å². The van der Waals surface area contributed by atoms with Crippen LogP contribution in [0, 0.1) is 13.8 Å². The highest BCUT2D eigenvalue weighted by Gasteiger charge is 2.21. The zero-order valence-electron chi connectivity index (χ0n) is 11.8. The van der Waals surface area contributed by atoms with E-state index in [-0.39, 0.29) is 11.5 Å². The first-order chi connectivity index (χ1) is 9.36. The maximum absolute atomic E-state index is 11.8. The molecule has 0 aromatic carbocycles. The molecule has 0 aliphatic heterocycles. The van der Waals surface area contributed by atoms with Crippen molar-refractivity contribution in [3.63, 3.8) is 0 Å². The minimum Gasteiger partial charge on any atom is -0.478 e. The molecule has 1 rings (SSSR count). The third-order valence-corrected chi connectivity index (χ3v) is 3.69. The van der Waals surface area contributed by atoms with Gasteiger partial charge in [-0.05, 0) is 32.4 Å². The Kier molecular flexibility index (Phi) is 5.76. The molecule has 1 aromatic rings. The number of rotatable bonds is 6. The van der Waals surface area contributed by atoms with Gasteiger partial charge >= 0.3 is 5.97 Å². The Hall–Kier alpha value is -1.82. The molecule has 1 aromatic heterocycles. The zero-order chi connectivity index (χ0) is 15.3. The van der Waals surface area contributed by atoms with E-state index in [1.807, 2.05) is 0 Å². The second-order valence-electron chi connectivity index (χ2n) is 4.36. The number of nitrogens with one attached hydrogen (secondary N) is 1. The van der Waals surface area contributed by atoms with Gasteiger partial charge in [0, 0.05) is 12.2 Å². The van der Waals surface area contributed by atoms with Crippen molar-refractivity contribution in [1.29, 1.82) is 0 Å². The van der Waals surface area contributed by atoms with Gasteiger partial charge in [0.2, 0.25) is 5.91 Å². The molecule has 0 aliphatic rings. The number of amides is 1. The fourth-order valence-electron chi connectivity index (χ4n) is 1.69. The molecule has 0 saturated carbocycles. The predicted octanol–water partition coefficient (Wildman–Crippen LogP) is 2.18. The Balaban J connectivity index is 2.99. The van der Waals surface area contributed by atoms with E-state index in [9.17, 15) is 14.7 Å². The third kappa shape index (κ3) is 4.09. The molecule has 1 unspecified atom stereocenters. The number of hydrogen-bond donors (Lipinski definition) is 2. The van der Waals surface area contributed by atoms with Crippen LogP contribution in [-0.2, 0) is 4.79 Å². The van der Waals surface area contributed by atoms with Crippen molar-refractivity contribution in [2.45, 2.75) is 31.0 Å². The van der Waals surface area contributed by atoms with Gasteiger partial charge < -0.3 is 10.4 Å². The first-order valence-electron chi connectivity index (χ1n) is 6.13. The minimum absolute atomic E-state index is 0.156. The van der Waals surface area contributed by atoms with E-state index in [0.29, 0.717) is 17.1 Å². The second-order valence-corrected chi connectivity index (χ2v) is 5.69. The zero-order valence-corrected chi connectivity index (χ0v) is 12.6. The highest BCUT2D eigenvalue weighted by atomic mass is 32.2. The maximum atomic E-state index is 11.8. The first kappa shape index (κ1) is 16.2.